The number of amides is 2. The molecule has 1 saturated heterocycles. The van der Waals surface area contributed by atoms with Gasteiger partial charge in [-0.05, 0) is 32.9 Å². The molecule has 0 aromatic heterocycles. The van der Waals surface area contributed by atoms with E-state index in [1.54, 1.807) is 30.9 Å². The molecule has 25 heavy (non-hydrogen) atoms. The summed E-state index contributed by atoms with van der Waals surface area (Å²) in [7, 11) is 0. The second-order valence-electron chi connectivity index (χ2n) is 6.71. The standard InChI is InChI=1S/C18H24N2O5/c1-4-25-14-8-6-5-7-13(14)20-10-12(9-15(20)21)16(22)19-11-18(2,3)17(23)24/h5-8,12H,4,9-11H2,1-3H3,(H,19,22)(H,23,24). The number of rotatable bonds is 7. The number of carbonyl (C=O) groups is 3. The second-order valence-corrected chi connectivity index (χ2v) is 6.71. The first-order valence-corrected chi connectivity index (χ1v) is 8.29. The van der Waals surface area contributed by atoms with Crippen molar-refractivity contribution < 1.29 is 24.2 Å². The fourth-order valence-electron chi connectivity index (χ4n) is 2.60. The maximum Gasteiger partial charge on any atom is 0.310 e. The van der Waals surface area contributed by atoms with Gasteiger partial charge in [0.05, 0.1) is 23.6 Å². The van der Waals surface area contributed by atoms with Gasteiger partial charge in [-0.2, -0.15) is 0 Å². The van der Waals surface area contributed by atoms with E-state index in [4.69, 9.17) is 9.84 Å². The van der Waals surface area contributed by atoms with Gasteiger partial charge in [-0.1, -0.05) is 12.1 Å². The van der Waals surface area contributed by atoms with E-state index >= 15 is 0 Å². The number of hydrogen-bond donors (Lipinski definition) is 2. The molecule has 7 heteroatoms. The third-order valence-corrected chi connectivity index (χ3v) is 4.24. The molecule has 0 bridgehead atoms. The van der Waals surface area contributed by atoms with Gasteiger partial charge >= 0.3 is 5.97 Å². The van der Waals surface area contributed by atoms with Crippen molar-refractivity contribution in [3.05, 3.63) is 24.3 Å². The van der Waals surface area contributed by atoms with Crippen LogP contribution in [0.4, 0.5) is 5.69 Å². The second kappa shape index (κ2) is 7.55. The molecule has 1 aliphatic heterocycles. The molecule has 1 atom stereocenters. The number of benzene rings is 1. The zero-order chi connectivity index (χ0) is 18.6. The van der Waals surface area contributed by atoms with Crippen LogP contribution in [0.2, 0.25) is 0 Å². The topological polar surface area (TPSA) is 95.9 Å². The van der Waals surface area contributed by atoms with Crippen LogP contribution in [0, 0.1) is 11.3 Å². The summed E-state index contributed by atoms with van der Waals surface area (Å²) in [4.78, 5) is 37.4. The molecule has 0 aliphatic carbocycles. The summed E-state index contributed by atoms with van der Waals surface area (Å²) in [5.41, 5.74) is -0.407. The third kappa shape index (κ3) is 4.29. The fourth-order valence-corrected chi connectivity index (χ4v) is 2.60. The van der Waals surface area contributed by atoms with E-state index in [9.17, 15) is 14.4 Å². The number of carboxylic acid groups (broad SMARTS) is 1. The summed E-state index contributed by atoms with van der Waals surface area (Å²) in [5.74, 6) is -1.34. The summed E-state index contributed by atoms with van der Waals surface area (Å²) < 4.78 is 5.55. The monoisotopic (exact) mass is 348 g/mol. The predicted molar refractivity (Wildman–Crippen MR) is 92.5 cm³/mol. The summed E-state index contributed by atoms with van der Waals surface area (Å²) in [6.45, 7) is 5.69. The van der Waals surface area contributed by atoms with Gasteiger partial charge in [0.2, 0.25) is 11.8 Å². The Morgan fingerprint density at radius 1 is 1.36 bits per heavy atom. The first-order valence-electron chi connectivity index (χ1n) is 8.29. The van der Waals surface area contributed by atoms with E-state index in [-0.39, 0.29) is 31.3 Å². The normalized spacial score (nSPS) is 17.5. The summed E-state index contributed by atoms with van der Waals surface area (Å²) in [5, 5.41) is 11.8. The lowest BCUT2D eigenvalue weighted by molar-refractivity contribution is -0.147. The van der Waals surface area contributed by atoms with Gasteiger partial charge in [0, 0.05) is 19.5 Å². The van der Waals surface area contributed by atoms with Crippen LogP contribution >= 0.6 is 0 Å². The van der Waals surface area contributed by atoms with Crippen LogP contribution in [0.15, 0.2) is 24.3 Å². The van der Waals surface area contributed by atoms with Crippen molar-refractivity contribution >= 4 is 23.5 Å². The Bertz CT molecular complexity index is 671. The quantitative estimate of drug-likeness (QED) is 0.781. The summed E-state index contributed by atoms with van der Waals surface area (Å²) >= 11 is 0. The Balaban J connectivity index is 2.05. The molecule has 0 spiro atoms. The Morgan fingerprint density at radius 3 is 2.68 bits per heavy atom. The minimum atomic E-state index is -1.06. The van der Waals surface area contributed by atoms with E-state index in [1.165, 1.54) is 0 Å². The molecule has 2 amide bonds. The smallest absolute Gasteiger partial charge is 0.310 e. The molecule has 2 rings (SSSR count). The van der Waals surface area contributed by atoms with E-state index in [2.05, 4.69) is 5.32 Å². The number of ether oxygens (including phenoxy) is 1. The van der Waals surface area contributed by atoms with Crippen molar-refractivity contribution in [1.29, 1.82) is 0 Å². The molecule has 1 aliphatic rings. The van der Waals surface area contributed by atoms with Gasteiger partial charge in [0.15, 0.2) is 0 Å². The minimum absolute atomic E-state index is 0.0153. The molecule has 1 fully saturated rings. The number of aliphatic carboxylic acids is 1. The maximum absolute atomic E-state index is 12.4. The lowest BCUT2D eigenvalue weighted by Gasteiger charge is -2.22. The first-order chi connectivity index (χ1) is 11.8. The highest BCUT2D eigenvalue weighted by atomic mass is 16.5. The van der Waals surface area contributed by atoms with Gasteiger partial charge in [-0.15, -0.1) is 0 Å². The maximum atomic E-state index is 12.4. The molecule has 136 valence electrons. The SMILES string of the molecule is CCOc1ccccc1N1CC(C(=O)NCC(C)(C)C(=O)O)CC1=O. The number of nitrogens with zero attached hydrogens (tertiary/aromatic N) is 1. The van der Waals surface area contributed by atoms with Crippen LogP contribution in [0.5, 0.6) is 5.75 Å². The molecule has 1 heterocycles. The molecule has 2 N–H and O–H groups in total. The van der Waals surface area contributed by atoms with Crippen molar-refractivity contribution in [1.82, 2.24) is 5.32 Å². The molecule has 0 saturated carbocycles. The van der Waals surface area contributed by atoms with Crippen LogP contribution in [0.25, 0.3) is 0 Å². The predicted octanol–water partition coefficient (Wildman–Crippen LogP) is 1.67. The van der Waals surface area contributed by atoms with E-state index < -0.39 is 17.3 Å². The van der Waals surface area contributed by atoms with Crippen molar-refractivity contribution in [3.8, 4) is 5.75 Å². The lowest BCUT2D eigenvalue weighted by Crippen LogP contribution is -2.41. The zero-order valence-electron chi connectivity index (χ0n) is 14.7. The van der Waals surface area contributed by atoms with Gasteiger partial charge < -0.3 is 20.1 Å². The van der Waals surface area contributed by atoms with Crippen molar-refractivity contribution in [2.45, 2.75) is 27.2 Å². The molecule has 1 aromatic rings. The number of anilines is 1. The number of nitrogens with one attached hydrogen (secondary N) is 1. The zero-order valence-corrected chi connectivity index (χ0v) is 14.7. The highest BCUT2D eigenvalue weighted by Gasteiger charge is 2.37. The van der Waals surface area contributed by atoms with Crippen molar-refractivity contribution in [2.75, 3.05) is 24.6 Å². The Kier molecular flexibility index (Phi) is 5.66. The van der Waals surface area contributed by atoms with Gasteiger partial charge in [0.1, 0.15) is 5.75 Å². The van der Waals surface area contributed by atoms with Crippen LogP contribution in [0.3, 0.4) is 0 Å². The van der Waals surface area contributed by atoms with Gasteiger partial charge in [-0.3, -0.25) is 14.4 Å². The average Bonchev–Trinajstić information content (AvgIpc) is 2.95. The summed E-state index contributed by atoms with van der Waals surface area (Å²) in [6, 6.07) is 7.22. The number of carbonyl (C=O) groups excluding carboxylic acids is 2. The third-order valence-electron chi connectivity index (χ3n) is 4.24. The van der Waals surface area contributed by atoms with Gasteiger partial charge in [-0.25, -0.2) is 0 Å². The van der Waals surface area contributed by atoms with Crippen LogP contribution in [-0.2, 0) is 14.4 Å². The Hall–Kier alpha value is -2.57. The molecule has 0 radical (unpaired) electrons. The highest BCUT2D eigenvalue weighted by molar-refractivity contribution is 6.01. The van der Waals surface area contributed by atoms with Crippen molar-refractivity contribution in [3.63, 3.8) is 0 Å². The minimum Gasteiger partial charge on any atom is -0.492 e. The van der Waals surface area contributed by atoms with E-state index in [0.717, 1.165) is 0 Å². The number of carboxylic acids is 1. The molecular formula is C18H24N2O5. The lowest BCUT2D eigenvalue weighted by atomic mass is 9.93. The molecule has 7 nitrogen and oxygen atoms in total. The van der Waals surface area contributed by atoms with E-state index in [0.29, 0.717) is 18.0 Å². The van der Waals surface area contributed by atoms with Crippen LogP contribution in [-0.4, -0.2) is 42.6 Å². The van der Waals surface area contributed by atoms with E-state index in [1.807, 2.05) is 19.1 Å². The van der Waals surface area contributed by atoms with Gasteiger partial charge in [0.25, 0.3) is 0 Å². The number of para-hydroxylation sites is 2. The average molecular weight is 348 g/mol. The highest BCUT2D eigenvalue weighted by Crippen LogP contribution is 2.33. The molecule has 1 unspecified atom stereocenters. The number of hydrogen-bond acceptors (Lipinski definition) is 4. The summed E-state index contributed by atoms with van der Waals surface area (Å²) in [6.07, 6.45) is 0.0970. The largest absolute Gasteiger partial charge is 0.492 e. The Morgan fingerprint density at radius 2 is 2.04 bits per heavy atom. The van der Waals surface area contributed by atoms with Crippen LogP contribution in [0.1, 0.15) is 27.2 Å². The fraction of sp³-hybridized carbons (Fsp3) is 0.500. The molecule has 1 aromatic carbocycles. The van der Waals surface area contributed by atoms with Crippen molar-refractivity contribution in [2.24, 2.45) is 11.3 Å². The molecular weight excluding hydrogens is 324 g/mol. The Labute approximate surface area is 147 Å². The first kappa shape index (κ1) is 18.8. The van der Waals surface area contributed by atoms with Crippen LogP contribution < -0.4 is 15.0 Å².